The van der Waals surface area contributed by atoms with Gasteiger partial charge in [0.1, 0.15) is 24.0 Å². The number of hydrogen-bond donors (Lipinski definition) is 2. The molecule has 1 fully saturated rings. The number of rotatable bonds is 11. The number of aliphatic hydroxyl groups is 1. The maximum absolute atomic E-state index is 15.9. The van der Waals surface area contributed by atoms with Crippen molar-refractivity contribution in [3.05, 3.63) is 36.7 Å². The van der Waals surface area contributed by atoms with Crippen LogP contribution in [0.2, 0.25) is 0 Å². The number of nitrogen functional groups attached to an aromatic ring is 1. The SMILES string of the molecule is COc1nc(N)nc2c1ncn2[C@@H]1O[C@H](CO[PH](=O)N(Oc2ccccc2)[C@@H](C)C(=O)OC(C)C)[C@@H](O)[C@@]1(C)F. The molecule has 1 aromatic carbocycles. The van der Waals surface area contributed by atoms with Crippen LogP contribution in [0.1, 0.15) is 33.9 Å². The Morgan fingerprint density at radius 1 is 1.30 bits per heavy atom. The molecule has 40 heavy (non-hydrogen) atoms. The van der Waals surface area contributed by atoms with Gasteiger partial charge in [-0.15, -0.1) is 0 Å². The van der Waals surface area contributed by atoms with Gasteiger partial charge in [-0.3, -0.25) is 13.9 Å². The smallest absolute Gasteiger partial charge is 0.327 e. The number of hydroxylamine groups is 1. The molecule has 0 spiro atoms. The lowest BCUT2D eigenvalue weighted by molar-refractivity contribution is -0.159. The Balaban J connectivity index is 1.52. The van der Waals surface area contributed by atoms with Crippen LogP contribution in [0, 0.1) is 0 Å². The summed E-state index contributed by atoms with van der Waals surface area (Å²) in [5, 5.41) is 10.8. The quantitative estimate of drug-likeness (QED) is 0.192. The normalized spacial score (nSPS) is 24.4. The van der Waals surface area contributed by atoms with Crippen molar-refractivity contribution in [2.24, 2.45) is 0 Å². The molecule has 0 saturated carbocycles. The summed E-state index contributed by atoms with van der Waals surface area (Å²) in [5.74, 6) is -0.439. The number of alkyl halides is 1. The second-order valence-electron chi connectivity index (χ2n) is 9.51. The number of halogens is 1. The van der Waals surface area contributed by atoms with E-state index in [1.165, 1.54) is 24.9 Å². The summed E-state index contributed by atoms with van der Waals surface area (Å²) in [6, 6.07) is 7.23. The molecule has 0 aliphatic carbocycles. The number of fused-ring (bicyclic) bond motifs is 1. The Bertz CT molecular complexity index is 1360. The molecular formula is C24H32FN6O8P. The summed E-state index contributed by atoms with van der Waals surface area (Å²) in [4.78, 5) is 31.4. The summed E-state index contributed by atoms with van der Waals surface area (Å²) in [6.07, 6.45) is -3.52. The number of aliphatic hydroxyl groups excluding tert-OH is 1. The zero-order valence-corrected chi connectivity index (χ0v) is 23.6. The molecule has 6 atom stereocenters. The molecule has 2 aromatic heterocycles. The molecule has 0 bridgehead atoms. The van der Waals surface area contributed by atoms with Gasteiger partial charge in [0.25, 0.3) is 8.18 Å². The minimum absolute atomic E-state index is 0.0856. The van der Waals surface area contributed by atoms with E-state index in [2.05, 4.69) is 15.0 Å². The van der Waals surface area contributed by atoms with Gasteiger partial charge in [0.2, 0.25) is 11.8 Å². The first kappa shape index (κ1) is 29.6. The maximum atomic E-state index is 15.9. The van der Waals surface area contributed by atoms with Crippen LogP contribution >= 0.6 is 8.18 Å². The molecule has 218 valence electrons. The number of carbonyl (C=O) groups excluding carboxylic acids is 1. The Labute approximate surface area is 230 Å². The Morgan fingerprint density at radius 3 is 2.65 bits per heavy atom. The van der Waals surface area contributed by atoms with E-state index in [9.17, 15) is 14.5 Å². The van der Waals surface area contributed by atoms with Gasteiger partial charge in [-0.1, -0.05) is 23.0 Å². The summed E-state index contributed by atoms with van der Waals surface area (Å²) in [5.41, 5.74) is 3.75. The van der Waals surface area contributed by atoms with Gasteiger partial charge < -0.3 is 34.4 Å². The summed E-state index contributed by atoms with van der Waals surface area (Å²) >= 11 is 0. The highest BCUT2D eigenvalue weighted by molar-refractivity contribution is 7.36. The van der Waals surface area contributed by atoms with E-state index in [1.54, 1.807) is 44.2 Å². The molecule has 3 N–H and O–H groups in total. The number of hydrogen-bond acceptors (Lipinski definition) is 12. The summed E-state index contributed by atoms with van der Waals surface area (Å²) in [7, 11) is -1.92. The van der Waals surface area contributed by atoms with Gasteiger partial charge in [-0.25, -0.2) is 9.37 Å². The second kappa shape index (κ2) is 12.0. The van der Waals surface area contributed by atoms with Gasteiger partial charge >= 0.3 is 5.97 Å². The standard InChI is InChI=1S/C24H32FN6O8P/c1-13(2)37-21(33)14(3)31(39-15-9-7-6-8-10-15)40(34)36-11-16-18(32)24(4,25)22(38-16)30-12-27-17-19(30)28-23(26)29-20(17)35-5/h6-10,12-14,16,18,22,32,40H,11H2,1-5H3,(H2,26,28,29)/t14-,16+,18+,22+,24+/m0/s1. The molecule has 16 heteroatoms. The van der Waals surface area contributed by atoms with Gasteiger partial charge in [-0.05, 0) is 39.8 Å². The average Bonchev–Trinajstić information content (AvgIpc) is 3.42. The lowest BCUT2D eigenvalue weighted by Gasteiger charge is -2.27. The minimum atomic E-state index is -3.30. The molecule has 0 radical (unpaired) electrons. The zero-order valence-electron chi connectivity index (χ0n) is 22.6. The number of para-hydroxylation sites is 1. The van der Waals surface area contributed by atoms with Crippen LogP contribution < -0.4 is 15.3 Å². The summed E-state index contributed by atoms with van der Waals surface area (Å²) in [6.45, 7) is 5.45. The van der Waals surface area contributed by atoms with E-state index in [4.69, 9.17) is 29.3 Å². The first-order valence-electron chi connectivity index (χ1n) is 12.4. The number of carbonyl (C=O) groups is 1. The van der Waals surface area contributed by atoms with Crippen LogP contribution in [0.4, 0.5) is 10.3 Å². The van der Waals surface area contributed by atoms with Crippen LogP contribution in [0.25, 0.3) is 11.2 Å². The molecule has 1 aliphatic rings. The highest BCUT2D eigenvalue weighted by Gasteiger charge is 2.55. The second-order valence-corrected chi connectivity index (χ2v) is 10.8. The zero-order chi connectivity index (χ0) is 29.2. The van der Waals surface area contributed by atoms with E-state index in [1.807, 2.05) is 0 Å². The maximum Gasteiger partial charge on any atom is 0.327 e. The number of nitrogens with two attached hydrogens (primary N) is 1. The molecule has 14 nitrogen and oxygen atoms in total. The average molecular weight is 583 g/mol. The highest BCUT2D eigenvalue weighted by atomic mass is 31.1. The van der Waals surface area contributed by atoms with E-state index < -0.39 is 57.0 Å². The fourth-order valence-corrected chi connectivity index (χ4v) is 5.12. The fourth-order valence-electron chi connectivity index (χ4n) is 4.08. The van der Waals surface area contributed by atoms with Crippen LogP contribution in [0.3, 0.4) is 0 Å². The van der Waals surface area contributed by atoms with Gasteiger partial charge in [0, 0.05) is 0 Å². The van der Waals surface area contributed by atoms with E-state index in [0.717, 1.165) is 11.8 Å². The molecule has 1 unspecified atom stereocenters. The predicted octanol–water partition coefficient (Wildman–Crippen LogP) is 2.45. The van der Waals surface area contributed by atoms with Crippen LogP contribution in [-0.2, 0) is 23.4 Å². The van der Waals surface area contributed by atoms with Crippen molar-refractivity contribution in [3.63, 3.8) is 0 Å². The molecule has 1 saturated heterocycles. The third kappa shape index (κ3) is 6.03. The van der Waals surface area contributed by atoms with Crippen molar-refractivity contribution in [1.82, 2.24) is 24.4 Å². The topological polar surface area (TPSA) is 173 Å². The van der Waals surface area contributed by atoms with Crippen LogP contribution in [0.15, 0.2) is 36.7 Å². The van der Waals surface area contributed by atoms with Crippen LogP contribution in [-0.4, -0.2) is 79.2 Å². The molecule has 3 aromatic rings. The third-order valence-corrected chi connectivity index (χ3v) is 7.36. The number of ether oxygens (including phenoxy) is 3. The number of imidazole rings is 1. The van der Waals surface area contributed by atoms with Crippen molar-refractivity contribution in [2.45, 2.75) is 63.9 Å². The van der Waals surface area contributed by atoms with Crippen molar-refractivity contribution in [2.75, 3.05) is 19.5 Å². The van der Waals surface area contributed by atoms with Gasteiger partial charge in [0.15, 0.2) is 23.1 Å². The summed E-state index contributed by atoms with van der Waals surface area (Å²) < 4.78 is 52.1. The first-order chi connectivity index (χ1) is 18.9. The largest absolute Gasteiger partial charge is 0.479 e. The predicted molar refractivity (Wildman–Crippen MR) is 140 cm³/mol. The molecule has 4 rings (SSSR count). The van der Waals surface area contributed by atoms with Crippen LogP contribution in [0.5, 0.6) is 11.6 Å². The van der Waals surface area contributed by atoms with Crippen molar-refractivity contribution in [1.29, 1.82) is 0 Å². The van der Waals surface area contributed by atoms with E-state index in [0.29, 0.717) is 5.75 Å². The molecule has 0 amide bonds. The number of anilines is 1. The monoisotopic (exact) mass is 582 g/mol. The third-order valence-electron chi connectivity index (χ3n) is 6.11. The lowest BCUT2D eigenvalue weighted by Crippen LogP contribution is -2.41. The van der Waals surface area contributed by atoms with E-state index in [-0.39, 0.29) is 23.0 Å². The minimum Gasteiger partial charge on any atom is -0.479 e. The molecule has 1 aliphatic heterocycles. The van der Waals surface area contributed by atoms with Crippen molar-refractivity contribution < 1.29 is 42.4 Å². The van der Waals surface area contributed by atoms with Crippen molar-refractivity contribution >= 4 is 31.3 Å². The van der Waals surface area contributed by atoms with Gasteiger partial charge in [0.05, 0.1) is 26.1 Å². The first-order valence-corrected chi connectivity index (χ1v) is 13.7. The number of methoxy groups -OCH3 is 1. The number of nitrogens with zero attached hydrogens (tertiary/aromatic N) is 5. The van der Waals surface area contributed by atoms with Crippen molar-refractivity contribution in [3.8, 4) is 11.6 Å². The number of aromatic nitrogens is 4. The Hall–Kier alpha value is -3.36. The highest BCUT2D eigenvalue weighted by Crippen LogP contribution is 2.44. The molecular weight excluding hydrogens is 550 g/mol. The number of benzene rings is 1. The van der Waals surface area contributed by atoms with Gasteiger partial charge in [-0.2, -0.15) is 9.97 Å². The number of esters is 1. The fraction of sp³-hybridized carbons (Fsp3) is 0.500. The Morgan fingerprint density at radius 2 is 2.00 bits per heavy atom. The Kier molecular flexibility index (Phi) is 8.90. The van der Waals surface area contributed by atoms with E-state index >= 15 is 4.39 Å². The lowest BCUT2D eigenvalue weighted by atomic mass is 9.98. The molecule has 3 heterocycles.